The lowest BCUT2D eigenvalue weighted by Gasteiger charge is -2.29. The summed E-state index contributed by atoms with van der Waals surface area (Å²) in [5.41, 5.74) is 5.24. The largest absolute Gasteiger partial charge is 0.328 e. The SMILES string of the molecule is CSc1ccc([C@@H]2C(C(=O)Nc3ccccc3C)=C(C)Nc3nc(SCc4ccc(Cl)cc4)nn32)cc1. The van der Waals surface area contributed by atoms with Gasteiger partial charge in [-0.05, 0) is 67.1 Å². The molecule has 3 aromatic carbocycles. The first-order valence-electron chi connectivity index (χ1n) is 11.8. The summed E-state index contributed by atoms with van der Waals surface area (Å²) in [7, 11) is 0. The molecule has 1 aliphatic rings. The van der Waals surface area contributed by atoms with E-state index in [1.165, 1.54) is 0 Å². The van der Waals surface area contributed by atoms with Crippen molar-refractivity contribution in [3.63, 3.8) is 0 Å². The van der Waals surface area contributed by atoms with Gasteiger partial charge in [0.05, 0.1) is 5.57 Å². The van der Waals surface area contributed by atoms with E-state index in [1.54, 1.807) is 23.5 Å². The number of carbonyl (C=O) groups excluding carboxylic acids is 1. The van der Waals surface area contributed by atoms with Crippen molar-refractivity contribution in [1.82, 2.24) is 14.8 Å². The van der Waals surface area contributed by atoms with E-state index in [0.29, 0.717) is 27.5 Å². The second-order valence-corrected chi connectivity index (χ2v) is 10.9. The molecule has 0 saturated heterocycles. The Bertz CT molecular complexity index is 1460. The van der Waals surface area contributed by atoms with Crippen molar-refractivity contribution >= 4 is 52.7 Å². The summed E-state index contributed by atoms with van der Waals surface area (Å²) in [5.74, 6) is 1.15. The Hall–Kier alpha value is -3.20. The zero-order valence-corrected chi connectivity index (χ0v) is 23.0. The van der Waals surface area contributed by atoms with Gasteiger partial charge in [-0.25, -0.2) is 4.68 Å². The van der Waals surface area contributed by atoms with Gasteiger partial charge >= 0.3 is 0 Å². The van der Waals surface area contributed by atoms with Gasteiger partial charge in [0, 0.05) is 27.1 Å². The average Bonchev–Trinajstić information content (AvgIpc) is 3.31. The number of para-hydroxylation sites is 1. The lowest BCUT2D eigenvalue weighted by Crippen LogP contribution is -2.31. The number of halogens is 1. The zero-order valence-electron chi connectivity index (χ0n) is 20.7. The van der Waals surface area contributed by atoms with Crippen molar-refractivity contribution < 1.29 is 4.79 Å². The highest BCUT2D eigenvalue weighted by Gasteiger charge is 2.34. The van der Waals surface area contributed by atoms with Crippen LogP contribution < -0.4 is 10.6 Å². The number of hydrogen-bond donors (Lipinski definition) is 2. The Morgan fingerprint density at radius 2 is 1.78 bits per heavy atom. The van der Waals surface area contributed by atoms with E-state index in [1.807, 2.05) is 73.3 Å². The topological polar surface area (TPSA) is 71.8 Å². The molecule has 5 rings (SSSR count). The molecule has 188 valence electrons. The van der Waals surface area contributed by atoms with E-state index >= 15 is 0 Å². The van der Waals surface area contributed by atoms with Crippen LogP contribution in [0.2, 0.25) is 5.02 Å². The van der Waals surface area contributed by atoms with Crippen LogP contribution in [0.25, 0.3) is 0 Å². The molecule has 1 amide bonds. The Labute approximate surface area is 229 Å². The van der Waals surface area contributed by atoms with Crippen molar-refractivity contribution in [2.45, 2.75) is 35.7 Å². The predicted octanol–water partition coefficient (Wildman–Crippen LogP) is 7.18. The minimum Gasteiger partial charge on any atom is -0.328 e. The highest BCUT2D eigenvalue weighted by atomic mass is 35.5. The van der Waals surface area contributed by atoms with E-state index < -0.39 is 6.04 Å². The van der Waals surface area contributed by atoms with Crippen LogP contribution in [0.5, 0.6) is 0 Å². The van der Waals surface area contributed by atoms with Crippen LogP contribution in [0.3, 0.4) is 0 Å². The Morgan fingerprint density at radius 3 is 2.49 bits per heavy atom. The monoisotopic (exact) mass is 547 g/mol. The molecule has 0 unspecified atom stereocenters. The van der Waals surface area contributed by atoms with E-state index in [4.69, 9.17) is 21.7 Å². The fraction of sp³-hybridized carbons (Fsp3) is 0.179. The maximum atomic E-state index is 13.7. The lowest BCUT2D eigenvalue weighted by molar-refractivity contribution is -0.113. The molecule has 1 aliphatic heterocycles. The van der Waals surface area contributed by atoms with Crippen molar-refractivity contribution in [3.8, 4) is 0 Å². The van der Waals surface area contributed by atoms with Crippen LogP contribution in [0.1, 0.15) is 29.7 Å². The van der Waals surface area contributed by atoms with Gasteiger partial charge in [-0.15, -0.1) is 16.9 Å². The van der Waals surface area contributed by atoms with Crippen LogP contribution >= 0.6 is 35.1 Å². The van der Waals surface area contributed by atoms with Gasteiger partial charge in [0.2, 0.25) is 11.1 Å². The van der Waals surface area contributed by atoms with Gasteiger partial charge in [-0.1, -0.05) is 65.8 Å². The third kappa shape index (κ3) is 5.56. The summed E-state index contributed by atoms with van der Waals surface area (Å²) >= 11 is 9.24. The first-order chi connectivity index (χ1) is 17.9. The molecule has 0 saturated carbocycles. The number of aromatic nitrogens is 3. The van der Waals surface area contributed by atoms with Crippen LogP contribution in [-0.2, 0) is 10.5 Å². The molecule has 6 nitrogen and oxygen atoms in total. The van der Waals surface area contributed by atoms with E-state index in [-0.39, 0.29) is 5.91 Å². The van der Waals surface area contributed by atoms with Crippen LogP contribution in [0.15, 0.2) is 94.1 Å². The van der Waals surface area contributed by atoms with E-state index in [9.17, 15) is 4.79 Å². The number of nitrogens with one attached hydrogen (secondary N) is 2. The number of anilines is 2. The highest BCUT2D eigenvalue weighted by Crippen LogP contribution is 2.37. The standard InChI is InChI=1S/C28H26ClN5OS2/c1-17-6-4-5-7-23(17)31-26(35)24-18(2)30-27-32-28(37-16-19-8-12-21(29)13-9-19)33-34(27)25(24)20-10-14-22(36-3)15-11-20/h4-15,25H,16H2,1-3H3,(H,31,35)(H,30,32,33)/t25-/m1/s1. The first-order valence-corrected chi connectivity index (χ1v) is 14.3. The molecule has 0 spiro atoms. The summed E-state index contributed by atoms with van der Waals surface area (Å²) in [6.07, 6.45) is 2.05. The molecule has 0 aliphatic carbocycles. The number of hydrogen-bond acceptors (Lipinski definition) is 6. The number of nitrogens with zero attached hydrogens (tertiary/aromatic N) is 3. The Balaban J connectivity index is 1.49. The smallest absolute Gasteiger partial charge is 0.255 e. The molecule has 0 radical (unpaired) electrons. The maximum Gasteiger partial charge on any atom is 0.255 e. The van der Waals surface area contributed by atoms with Gasteiger partial charge in [0.1, 0.15) is 6.04 Å². The third-order valence-electron chi connectivity index (χ3n) is 6.18. The number of allylic oxidation sites excluding steroid dienone is 1. The summed E-state index contributed by atoms with van der Waals surface area (Å²) < 4.78 is 1.82. The Kier molecular flexibility index (Phi) is 7.60. The quantitative estimate of drug-likeness (QED) is 0.239. The Morgan fingerprint density at radius 1 is 1.05 bits per heavy atom. The number of fused-ring (bicyclic) bond motifs is 1. The van der Waals surface area contributed by atoms with Crippen molar-refractivity contribution in [2.24, 2.45) is 0 Å². The third-order valence-corrected chi connectivity index (χ3v) is 8.09. The number of amides is 1. The van der Waals surface area contributed by atoms with E-state index in [2.05, 4.69) is 34.9 Å². The molecule has 2 heterocycles. The number of benzene rings is 3. The zero-order chi connectivity index (χ0) is 25.9. The molecule has 4 aromatic rings. The average molecular weight is 548 g/mol. The first kappa shape index (κ1) is 25.4. The maximum absolute atomic E-state index is 13.7. The molecule has 1 aromatic heterocycles. The fourth-order valence-corrected chi connectivity index (χ4v) is 5.53. The van der Waals surface area contributed by atoms with Crippen LogP contribution in [-0.4, -0.2) is 26.9 Å². The van der Waals surface area contributed by atoms with Gasteiger partial charge in [0.25, 0.3) is 5.91 Å². The van der Waals surface area contributed by atoms with Crippen molar-refractivity contribution in [1.29, 1.82) is 0 Å². The van der Waals surface area contributed by atoms with Crippen molar-refractivity contribution in [2.75, 3.05) is 16.9 Å². The highest BCUT2D eigenvalue weighted by molar-refractivity contribution is 7.98. The number of carbonyl (C=O) groups is 1. The molecule has 37 heavy (non-hydrogen) atoms. The summed E-state index contributed by atoms with van der Waals surface area (Å²) in [6.45, 7) is 3.89. The fourth-order valence-electron chi connectivity index (χ4n) is 4.21. The predicted molar refractivity (Wildman–Crippen MR) is 154 cm³/mol. The minimum absolute atomic E-state index is 0.172. The van der Waals surface area contributed by atoms with Gasteiger partial charge in [-0.2, -0.15) is 4.98 Å². The molecule has 9 heteroatoms. The summed E-state index contributed by atoms with van der Waals surface area (Å²) in [5, 5.41) is 12.6. The minimum atomic E-state index is -0.423. The second-order valence-electron chi connectivity index (χ2n) is 8.69. The summed E-state index contributed by atoms with van der Waals surface area (Å²) in [4.78, 5) is 19.6. The molecule has 0 bridgehead atoms. The number of aryl methyl sites for hydroxylation is 1. The van der Waals surface area contributed by atoms with Crippen LogP contribution in [0, 0.1) is 6.92 Å². The van der Waals surface area contributed by atoms with Gasteiger partial charge in [0.15, 0.2) is 0 Å². The summed E-state index contributed by atoms with van der Waals surface area (Å²) in [6, 6.07) is 23.4. The van der Waals surface area contributed by atoms with E-state index in [0.717, 1.165) is 33.0 Å². The molecule has 1 atom stereocenters. The molecule has 2 N–H and O–H groups in total. The second kappa shape index (κ2) is 11.0. The van der Waals surface area contributed by atoms with Crippen molar-refractivity contribution in [3.05, 3.63) is 106 Å². The normalized spacial score (nSPS) is 14.8. The van der Waals surface area contributed by atoms with Gasteiger partial charge in [-0.3, -0.25) is 4.79 Å². The molecular formula is C28H26ClN5OS2. The number of rotatable bonds is 7. The molecular weight excluding hydrogens is 522 g/mol. The van der Waals surface area contributed by atoms with Gasteiger partial charge < -0.3 is 10.6 Å². The lowest BCUT2D eigenvalue weighted by atomic mass is 9.95. The van der Waals surface area contributed by atoms with Crippen LogP contribution in [0.4, 0.5) is 11.6 Å². The number of thioether (sulfide) groups is 2. The molecule has 0 fully saturated rings.